The lowest BCUT2D eigenvalue weighted by Crippen LogP contribution is -2.32. The number of aryl methyl sites for hydroxylation is 2. The topological polar surface area (TPSA) is 58.6 Å². The highest BCUT2D eigenvalue weighted by Gasteiger charge is 2.23. The lowest BCUT2D eigenvalue weighted by atomic mass is 10.1. The van der Waals surface area contributed by atoms with Crippen molar-refractivity contribution < 1.29 is 14.3 Å². The lowest BCUT2D eigenvalue weighted by Gasteiger charge is -2.17. The minimum atomic E-state index is -0.197. The number of hydrogen-bond donors (Lipinski definition) is 1. The zero-order valence-corrected chi connectivity index (χ0v) is 14.8. The van der Waals surface area contributed by atoms with Crippen LogP contribution in [0, 0.1) is 13.8 Å². The summed E-state index contributed by atoms with van der Waals surface area (Å²) in [7, 11) is 0. The highest BCUT2D eigenvalue weighted by Crippen LogP contribution is 2.26. The van der Waals surface area contributed by atoms with Gasteiger partial charge in [-0.3, -0.25) is 9.59 Å². The number of amides is 2. The predicted octanol–water partition coefficient (Wildman–Crippen LogP) is 3.41. The van der Waals surface area contributed by atoms with Crippen molar-refractivity contribution >= 4 is 17.5 Å². The Morgan fingerprint density at radius 2 is 1.96 bits per heavy atom. The SMILES string of the molecule is CCN1CCOc2ccc(NC(=O)c3ccc(C)c(C)c3)cc2C1=O. The molecule has 1 N–H and O–H groups in total. The van der Waals surface area contributed by atoms with Gasteiger partial charge in [-0.25, -0.2) is 0 Å². The molecule has 2 amide bonds. The summed E-state index contributed by atoms with van der Waals surface area (Å²) < 4.78 is 5.65. The van der Waals surface area contributed by atoms with E-state index in [1.54, 1.807) is 29.2 Å². The second-order valence-electron chi connectivity index (χ2n) is 6.20. The first-order chi connectivity index (χ1) is 12.0. The molecule has 0 saturated carbocycles. The fourth-order valence-corrected chi connectivity index (χ4v) is 2.83. The number of likely N-dealkylation sites (N-methyl/N-ethyl adjacent to an activating group) is 1. The summed E-state index contributed by atoms with van der Waals surface area (Å²) in [5, 5.41) is 2.86. The van der Waals surface area contributed by atoms with E-state index >= 15 is 0 Å². The Bertz CT molecular complexity index is 830. The monoisotopic (exact) mass is 338 g/mol. The van der Waals surface area contributed by atoms with Gasteiger partial charge >= 0.3 is 0 Å². The Balaban J connectivity index is 1.85. The van der Waals surface area contributed by atoms with E-state index in [-0.39, 0.29) is 11.8 Å². The first-order valence-corrected chi connectivity index (χ1v) is 8.44. The smallest absolute Gasteiger partial charge is 0.257 e. The second-order valence-corrected chi connectivity index (χ2v) is 6.20. The van der Waals surface area contributed by atoms with Gasteiger partial charge in [0.05, 0.1) is 12.1 Å². The molecule has 2 aromatic rings. The zero-order chi connectivity index (χ0) is 18.0. The maximum absolute atomic E-state index is 12.6. The zero-order valence-electron chi connectivity index (χ0n) is 14.8. The Labute approximate surface area is 147 Å². The minimum Gasteiger partial charge on any atom is -0.491 e. The van der Waals surface area contributed by atoms with Gasteiger partial charge in [-0.15, -0.1) is 0 Å². The van der Waals surface area contributed by atoms with Gasteiger partial charge < -0.3 is 15.0 Å². The van der Waals surface area contributed by atoms with Gasteiger partial charge in [0.25, 0.3) is 11.8 Å². The molecule has 25 heavy (non-hydrogen) atoms. The van der Waals surface area contributed by atoms with Crippen molar-refractivity contribution in [3.8, 4) is 5.75 Å². The number of fused-ring (bicyclic) bond motifs is 1. The van der Waals surface area contributed by atoms with Gasteiger partial charge in [-0.2, -0.15) is 0 Å². The van der Waals surface area contributed by atoms with Crippen LogP contribution in [-0.4, -0.2) is 36.4 Å². The van der Waals surface area contributed by atoms with Crippen LogP contribution in [0.2, 0.25) is 0 Å². The van der Waals surface area contributed by atoms with Crippen LogP contribution < -0.4 is 10.1 Å². The molecule has 0 aliphatic carbocycles. The molecule has 0 unspecified atom stereocenters. The van der Waals surface area contributed by atoms with Crippen LogP contribution in [0.4, 0.5) is 5.69 Å². The fourth-order valence-electron chi connectivity index (χ4n) is 2.83. The van der Waals surface area contributed by atoms with E-state index in [0.717, 1.165) is 11.1 Å². The van der Waals surface area contributed by atoms with E-state index in [1.165, 1.54) is 0 Å². The summed E-state index contributed by atoms with van der Waals surface area (Å²) in [6.45, 7) is 7.59. The van der Waals surface area contributed by atoms with Crippen molar-refractivity contribution in [1.82, 2.24) is 4.90 Å². The number of hydrogen-bond acceptors (Lipinski definition) is 3. The Hall–Kier alpha value is -2.82. The number of anilines is 1. The molecule has 0 radical (unpaired) electrons. The number of rotatable bonds is 3. The van der Waals surface area contributed by atoms with Crippen LogP contribution in [0.15, 0.2) is 36.4 Å². The highest BCUT2D eigenvalue weighted by molar-refractivity contribution is 6.05. The normalized spacial score (nSPS) is 13.7. The Morgan fingerprint density at radius 3 is 2.68 bits per heavy atom. The number of carbonyl (C=O) groups is 2. The molecule has 3 rings (SSSR count). The van der Waals surface area contributed by atoms with E-state index in [4.69, 9.17) is 4.74 Å². The average Bonchev–Trinajstić information content (AvgIpc) is 2.76. The number of carbonyl (C=O) groups excluding carboxylic acids is 2. The van der Waals surface area contributed by atoms with Crippen molar-refractivity contribution in [3.05, 3.63) is 58.7 Å². The van der Waals surface area contributed by atoms with Gasteiger partial charge in [0.2, 0.25) is 0 Å². The quantitative estimate of drug-likeness (QED) is 0.933. The molecule has 1 aliphatic rings. The molecule has 5 nitrogen and oxygen atoms in total. The Kier molecular flexibility index (Phi) is 4.74. The van der Waals surface area contributed by atoms with Gasteiger partial charge in [-0.05, 0) is 62.2 Å². The molecule has 0 atom stereocenters. The molecule has 0 saturated heterocycles. The standard InChI is InChI=1S/C20H22N2O3/c1-4-22-9-10-25-18-8-7-16(12-17(18)20(22)24)21-19(23)15-6-5-13(2)14(3)11-15/h5-8,11-12H,4,9-10H2,1-3H3,(H,21,23). The molecule has 2 aromatic carbocycles. The van der Waals surface area contributed by atoms with Gasteiger partial charge in [0.15, 0.2) is 0 Å². The number of benzene rings is 2. The molecule has 130 valence electrons. The number of nitrogens with zero attached hydrogens (tertiary/aromatic N) is 1. The number of nitrogens with one attached hydrogen (secondary N) is 1. The van der Waals surface area contributed by atoms with Crippen LogP contribution in [0.1, 0.15) is 38.8 Å². The van der Waals surface area contributed by atoms with E-state index in [2.05, 4.69) is 5.32 Å². The van der Waals surface area contributed by atoms with Crippen molar-refractivity contribution in [1.29, 1.82) is 0 Å². The first-order valence-electron chi connectivity index (χ1n) is 8.44. The third-order valence-corrected chi connectivity index (χ3v) is 4.52. The summed E-state index contributed by atoms with van der Waals surface area (Å²) in [5.74, 6) is 0.291. The van der Waals surface area contributed by atoms with Crippen molar-refractivity contribution in [2.45, 2.75) is 20.8 Å². The average molecular weight is 338 g/mol. The van der Waals surface area contributed by atoms with Gasteiger partial charge in [0.1, 0.15) is 12.4 Å². The second kappa shape index (κ2) is 6.97. The van der Waals surface area contributed by atoms with Crippen molar-refractivity contribution in [2.75, 3.05) is 25.0 Å². The molecular weight excluding hydrogens is 316 g/mol. The molecule has 0 fully saturated rings. The maximum Gasteiger partial charge on any atom is 0.257 e. The highest BCUT2D eigenvalue weighted by atomic mass is 16.5. The van der Waals surface area contributed by atoms with Crippen LogP contribution in [0.25, 0.3) is 0 Å². The minimum absolute atomic E-state index is 0.0720. The molecule has 1 heterocycles. The van der Waals surface area contributed by atoms with Gasteiger partial charge in [-0.1, -0.05) is 6.07 Å². The van der Waals surface area contributed by atoms with E-state index in [1.807, 2.05) is 32.9 Å². The predicted molar refractivity (Wildman–Crippen MR) is 97.4 cm³/mol. The lowest BCUT2D eigenvalue weighted by molar-refractivity contribution is 0.0764. The molecular formula is C20H22N2O3. The third-order valence-electron chi connectivity index (χ3n) is 4.52. The summed E-state index contributed by atoms with van der Waals surface area (Å²) in [6, 6.07) is 10.8. The van der Waals surface area contributed by atoms with Crippen LogP contribution in [-0.2, 0) is 0 Å². The van der Waals surface area contributed by atoms with E-state index in [9.17, 15) is 9.59 Å². The van der Waals surface area contributed by atoms with E-state index in [0.29, 0.717) is 42.3 Å². The van der Waals surface area contributed by atoms with Crippen LogP contribution in [0.5, 0.6) is 5.75 Å². The van der Waals surface area contributed by atoms with Crippen LogP contribution in [0.3, 0.4) is 0 Å². The summed E-state index contributed by atoms with van der Waals surface area (Å²) in [5.41, 5.74) is 3.87. The maximum atomic E-state index is 12.6. The summed E-state index contributed by atoms with van der Waals surface area (Å²) >= 11 is 0. The van der Waals surface area contributed by atoms with E-state index < -0.39 is 0 Å². The molecule has 0 spiro atoms. The summed E-state index contributed by atoms with van der Waals surface area (Å²) in [6.07, 6.45) is 0. The first kappa shape index (κ1) is 17.0. The van der Waals surface area contributed by atoms with Crippen molar-refractivity contribution in [2.24, 2.45) is 0 Å². The third kappa shape index (κ3) is 3.50. The molecule has 5 heteroatoms. The Morgan fingerprint density at radius 1 is 1.16 bits per heavy atom. The van der Waals surface area contributed by atoms with Gasteiger partial charge in [0, 0.05) is 17.8 Å². The van der Waals surface area contributed by atoms with Crippen molar-refractivity contribution in [3.63, 3.8) is 0 Å². The fraction of sp³-hybridized carbons (Fsp3) is 0.300. The molecule has 0 bridgehead atoms. The molecule has 0 aromatic heterocycles. The number of ether oxygens (including phenoxy) is 1. The summed E-state index contributed by atoms with van der Waals surface area (Å²) in [4.78, 5) is 26.8. The molecule has 1 aliphatic heterocycles. The van der Waals surface area contributed by atoms with Crippen LogP contribution >= 0.6 is 0 Å². The largest absolute Gasteiger partial charge is 0.491 e.